The van der Waals surface area contributed by atoms with Crippen LogP contribution in [0.1, 0.15) is 17.4 Å². The van der Waals surface area contributed by atoms with E-state index in [1.165, 1.54) is 6.07 Å². The first-order chi connectivity index (χ1) is 7.58. The van der Waals surface area contributed by atoms with Crippen LogP contribution in [0, 0.1) is 5.82 Å². The summed E-state index contributed by atoms with van der Waals surface area (Å²) in [5.41, 5.74) is 1.60. The van der Waals surface area contributed by atoms with Crippen molar-refractivity contribution in [2.24, 2.45) is 0 Å². The van der Waals surface area contributed by atoms with Gasteiger partial charge >= 0.3 is 0 Å². The molecule has 1 unspecified atom stereocenters. The van der Waals surface area contributed by atoms with Crippen molar-refractivity contribution in [2.45, 2.75) is 11.8 Å². The third-order valence-electron chi connectivity index (χ3n) is 2.09. The van der Waals surface area contributed by atoms with Gasteiger partial charge in [0.1, 0.15) is 5.82 Å². The maximum Gasteiger partial charge on any atom is 0.137 e. The standard InChI is InChI=1S/C10H8Br2FN3/c1-6(11)10-5-16(15-14-10)7-2-3-9(13)8(12)4-7/h2-6H,1H3. The topological polar surface area (TPSA) is 30.7 Å². The monoisotopic (exact) mass is 347 g/mol. The quantitative estimate of drug-likeness (QED) is 0.776. The Morgan fingerprint density at radius 3 is 2.75 bits per heavy atom. The third kappa shape index (κ3) is 2.32. The summed E-state index contributed by atoms with van der Waals surface area (Å²) in [5.74, 6) is -0.294. The number of aromatic nitrogens is 3. The fourth-order valence-electron chi connectivity index (χ4n) is 1.21. The molecule has 0 bridgehead atoms. The molecule has 6 heteroatoms. The van der Waals surface area contributed by atoms with Crippen molar-refractivity contribution in [3.8, 4) is 5.69 Å². The highest BCUT2D eigenvalue weighted by atomic mass is 79.9. The highest BCUT2D eigenvalue weighted by Crippen LogP contribution is 2.22. The van der Waals surface area contributed by atoms with E-state index in [0.717, 1.165) is 11.4 Å². The van der Waals surface area contributed by atoms with E-state index in [1.54, 1.807) is 23.0 Å². The number of benzene rings is 1. The van der Waals surface area contributed by atoms with E-state index < -0.39 is 0 Å². The van der Waals surface area contributed by atoms with E-state index in [-0.39, 0.29) is 10.6 Å². The molecule has 0 aliphatic rings. The predicted octanol–water partition coefficient (Wildman–Crippen LogP) is 3.62. The van der Waals surface area contributed by atoms with Crippen molar-refractivity contribution in [2.75, 3.05) is 0 Å². The minimum absolute atomic E-state index is 0.144. The molecule has 1 aromatic carbocycles. The Morgan fingerprint density at radius 2 is 2.19 bits per heavy atom. The van der Waals surface area contributed by atoms with Gasteiger partial charge in [-0.1, -0.05) is 21.1 Å². The van der Waals surface area contributed by atoms with Crippen molar-refractivity contribution in [3.63, 3.8) is 0 Å². The third-order valence-corrected chi connectivity index (χ3v) is 3.16. The second kappa shape index (κ2) is 4.63. The van der Waals surface area contributed by atoms with E-state index >= 15 is 0 Å². The molecule has 0 fully saturated rings. The van der Waals surface area contributed by atoms with Gasteiger partial charge in [-0.2, -0.15) is 0 Å². The molecule has 0 aliphatic carbocycles. The van der Waals surface area contributed by atoms with Crippen LogP contribution in [0.3, 0.4) is 0 Å². The molecule has 3 nitrogen and oxygen atoms in total. The SMILES string of the molecule is CC(Br)c1cn(-c2ccc(F)c(Br)c2)nn1. The maximum atomic E-state index is 13.0. The Labute approximate surface area is 109 Å². The molecule has 2 rings (SSSR count). The second-order valence-electron chi connectivity index (χ2n) is 3.30. The van der Waals surface area contributed by atoms with Gasteiger partial charge in [0, 0.05) is 0 Å². The van der Waals surface area contributed by atoms with Crippen molar-refractivity contribution in [3.05, 3.63) is 40.4 Å². The van der Waals surface area contributed by atoms with E-state index in [1.807, 2.05) is 6.92 Å². The normalized spacial score (nSPS) is 12.8. The molecule has 1 aromatic heterocycles. The Bertz CT molecular complexity index is 511. The van der Waals surface area contributed by atoms with Gasteiger partial charge in [-0.3, -0.25) is 0 Å². The zero-order valence-electron chi connectivity index (χ0n) is 8.36. The zero-order valence-corrected chi connectivity index (χ0v) is 11.5. The molecule has 1 atom stereocenters. The van der Waals surface area contributed by atoms with E-state index in [9.17, 15) is 4.39 Å². The van der Waals surface area contributed by atoms with Gasteiger partial charge in [-0.05, 0) is 41.1 Å². The highest BCUT2D eigenvalue weighted by Gasteiger charge is 2.08. The molecule has 1 heterocycles. The summed E-state index contributed by atoms with van der Waals surface area (Å²) in [7, 11) is 0. The number of halogens is 3. The van der Waals surface area contributed by atoms with Crippen molar-refractivity contribution < 1.29 is 4.39 Å². The second-order valence-corrected chi connectivity index (χ2v) is 5.53. The molecule has 16 heavy (non-hydrogen) atoms. The lowest BCUT2D eigenvalue weighted by Gasteiger charge is -2.01. The van der Waals surface area contributed by atoms with Crippen LogP contribution in [-0.2, 0) is 0 Å². The van der Waals surface area contributed by atoms with Gasteiger partial charge in [0.2, 0.25) is 0 Å². The summed E-state index contributed by atoms with van der Waals surface area (Å²) < 4.78 is 15.1. The van der Waals surface area contributed by atoms with Crippen LogP contribution in [0.25, 0.3) is 5.69 Å². The van der Waals surface area contributed by atoms with Crippen LogP contribution in [0.4, 0.5) is 4.39 Å². The molecule has 0 spiro atoms. The molecule has 0 saturated carbocycles. The molecule has 2 aromatic rings. The van der Waals surface area contributed by atoms with Gasteiger partial charge in [-0.25, -0.2) is 9.07 Å². The van der Waals surface area contributed by atoms with Crippen LogP contribution in [0.2, 0.25) is 0 Å². The summed E-state index contributed by atoms with van der Waals surface area (Å²) in [4.78, 5) is 0.144. The average molecular weight is 349 g/mol. The fourth-order valence-corrected chi connectivity index (χ4v) is 1.79. The average Bonchev–Trinajstić information content (AvgIpc) is 2.71. The largest absolute Gasteiger partial charge is 0.220 e. The van der Waals surface area contributed by atoms with Gasteiger partial charge in [0.15, 0.2) is 0 Å². The summed E-state index contributed by atoms with van der Waals surface area (Å²) in [5, 5.41) is 7.97. The lowest BCUT2D eigenvalue weighted by Crippen LogP contribution is -1.95. The van der Waals surface area contributed by atoms with Crippen molar-refractivity contribution in [1.82, 2.24) is 15.0 Å². The van der Waals surface area contributed by atoms with E-state index in [0.29, 0.717) is 4.47 Å². The smallest absolute Gasteiger partial charge is 0.137 e. The Kier molecular flexibility index (Phi) is 3.39. The first-order valence-corrected chi connectivity index (χ1v) is 6.30. The maximum absolute atomic E-state index is 13.0. The van der Waals surface area contributed by atoms with Gasteiger partial charge in [0.25, 0.3) is 0 Å². The minimum Gasteiger partial charge on any atom is -0.220 e. The lowest BCUT2D eigenvalue weighted by molar-refractivity contribution is 0.620. The van der Waals surface area contributed by atoms with Crippen LogP contribution in [0.15, 0.2) is 28.9 Å². The lowest BCUT2D eigenvalue weighted by atomic mass is 10.3. The van der Waals surface area contributed by atoms with Crippen LogP contribution < -0.4 is 0 Å². The molecule has 0 aliphatic heterocycles. The Hall–Kier alpha value is -0.750. The Balaban J connectivity index is 2.39. The zero-order chi connectivity index (χ0) is 11.7. The first-order valence-electron chi connectivity index (χ1n) is 4.59. The fraction of sp³-hybridized carbons (Fsp3) is 0.200. The molecular weight excluding hydrogens is 341 g/mol. The summed E-state index contributed by atoms with van der Waals surface area (Å²) in [6, 6.07) is 4.70. The number of rotatable bonds is 2. The number of nitrogens with zero attached hydrogens (tertiary/aromatic N) is 3. The number of hydrogen-bond acceptors (Lipinski definition) is 2. The predicted molar refractivity (Wildman–Crippen MR) is 66.4 cm³/mol. The molecule has 0 radical (unpaired) electrons. The highest BCUT2D eigenvalue weighted by molar-refractivity contribution is 9.10. The van der Waals surface area contributed by atoms with E-state index in [2.05, 4.69) is 42.2 Å². The van der Waals surface area contributed by atoms with Crippen molar-refractivity contribution >= 4 is 31.9 Å². The summed E-state index contributed by atoms with van der Waals surface area (Å²) >= 11 is 6.54. The summed E-state index contributed by atoms with van der Waals surface area (Å²) in [6.07, 6.45) is 1.80. The van der Waals surface area contributed by atoms with Gasteiger partial charge < -0.3 is 0 Å². The van der Waals surface area contributed by atoms with Crippen LogP contribution in [0.5, 0.6) is 0 Å². The number of hydrogen-bond donors (Lipinski definition) is 0. The van der Waals surface area contributed by atoms with Gasteiger partial charge in [-0.15, -0.1) is 5.10 Å². The first kappa shape index (κ1) is 11.7. The van der Waals surface area contributed by atoms with Crippen molar-refractivity contribution in [1.29, 1.82) is 0 Å². The molecule has 0 amide bonds. The molecular formula is C10H8Br2FN3. The van der Waals surface area contributed by atoms with Crippen LogP contribution in [-0.4, -0.2) is 15.0 Å². The minimum atomic E-state index is -0.294. The van der Waals surface area contributed by atoms with E-state index in [4.69, 9.17) is 0 Å². The van der Waals surface area contributed by atoms with Gasteiger partial charge in [0.05, 0.1) is 26.9 Å². The Morgan fingerprint density at radius 1 is 1.44 bits per heavy atom. The molecule has 0 N–H and O–H groups in total. The van der Waals surface area contributed by atoms with Crippen LogP contribution >= 0.6 is 31.9 Å². The number of alkyl halides is 1. The molecule has 0 saturated heterocycles. The molecule has 84 valence electrons. The summed E-state index contributed by atoms with van der Waals surface area (Å²) in [6.45, 7) is 1.97.